The molecule has 0 aliphatic carbocycles. The van der Waals surface area contributed by atoms with Crippen LogP contribution in [0.25, 0.3) is 11.1 Å². The number of aromatic nitrogens is 2. The van der Waals surface area contributed by atoms with Crippen LogP contribution >= 0.6 is 0 Å². The fraction of sp³-hybridized carbons (Fsp3) is 0.357. The summed E-state index contributed by atoms with van der Waals surface area (Å²) in [5.41, 5.74) is 9.05. The number of aryl methyl sites for hydroxylation is 2. The molecule has 2 N–H and O–H groups in total. The normalized spacial score (nSPS) is 15.8. The number of hydrogen-bond donors (Lipinski definition) is 1. The molecular weight excluding hydrogens is 242 g/mol. The third kappa shape index (κ3) is 1.82. The quantitative estimate of drug-likeness (QED) is 0.854. The molecule has 0 bridgehead atoms. The minimum Gasteiger partial charge on any atom is -0.449 e. The second-order valence-electron chi connectivity index (χ2n) is 5.28. The van der Waals surface area contributed by atoms with Crippen molar-refractivity contribution in [1.29, 1.82) is 0 Å². The molecule has 1 aliphatic rings. The van der Waals surface area contributed by atoms with Gasteiger partial charge in [-0.15, -0.1) is 0 Å². The Bertz CT molecular complexity index is 659. The van der Waals surface area contributed by atoms with E-state index in [0.29, 0.717) is 5.82 Å². The highest BCUT2D eigenvalue weighted by atomic mass is 16.7. The number of fused-ring (bicyclic) bond motifs is 1. The van der Waals surface area contributed by atoms with Crippen molar-refractivity contribution >= 4 is 5.82 Å². The number of hydrogen-bond acceptors (Lipinski definition) is 4. The van der Waals surface area contributed by atoms with E-state index in [1.807, 2.05) is 40.0 Å². The molecule has 0 spiro atoms. The lowest BCUT2D eigenvalue weighted by atomic mass is 10.0. The summed E-state index contributed by atoms with van der Waals surface area (Å²) in [7, 11) is 1.82. The first kappa shape index (κ1) is 11.9. The van der Waals surface area contributed by atoms with E-state index in [0.717, 1.165) is 28.2 Å². The lowest BCUT2D eigenvalue weighted by Gasteiger charge is -2.16. The highest BCUT2D eigenvalue weighted by Gasteiger charge is 2.32. The first-order valence-electron chi connectivity index (χ1n) is 6.18. The van der Waals surface area contributed by atoms with Crippen molar-refractivity contribution in [3.05, 3.63) is 23.9 Å². The van der Waals surface area contributed by atoms with E-state index in [-0.39, 0.29) is 0 Å². The Balaban J connectivity index is 2.13. The summed E-state index contributed by atoms with van der Waals surface area (Å²) in [6, 6.07) is 3.94. The zero-order valence-electron chi connectivity index (χ0n) is 11.5. The van der Waals surface area contributed by atoms with Crippen molar-refractivity contribution < 1.29 is 9.47 Å². The van der Waals surface area contributed by atoms with Crippen LogP contribution in [0, 0.1) is 6.92 Å². The van der Waals surface area contributed by atoms with Crippen molar-refractivity contribution in [2.75, 3.05) is 5.73 Å². The van der Waals surface area contributed by atoms with E-state index < -0.39 is 5.79 Å². The van der Waals surface area contributed by atoms with Gasteiger partial charge in [-0.1, -0.05) is 0 Å². The fourth-order valence-corrected chi connectivity index (χ4v) is 2.32. The summed E-state index contributed by atoms with van der Waals surface area (Å²) in [5.74, 6) is 1.54. The van der Waals surface area contributed by atoms with E-state index >= 15 is 0 Å². The Labute approximate surface area is 111 Å². The second-order valence-corrected chi connectivity index (χ2v) is 5.28. The fourth-order valence-electron chi connectivity index (χ4n) is 2.32. The third-order valence-corrected chi connectivity index (χ3v) is 3.28. The van der Waals surface area contributed by atoms with Gasteiger partial charge in [-0.05, 0) is 30.2 Å². The van der Waals surface area contributed by atoms with Crippen LogP contribution in [0.5, 0.6) is 11.5 Å². The summed E-state index contributed by atoms with van der Waals surface area (Å²) in [6.07, 6.45) is 1.77. The van der Waals surface area contributed by atoms with E-state index in [1.165, 1.54) is 0 Å². The summed E-state index contributed by atoms with van der Waals surface area (Å²) in [5, 5.41) is 4.18. The monoisotopic (exact) mass is 259 g/mol. The largest absolute Gasteiger partial charge is 0.449 e. The van der Waals surface area contributed by atoms with Crippen LogP contribution in [0.2, 0.25) is 0 Å². The highest BCUT2D eigenvalue weighted by molar-refractivity contribution is 5.78. The molecule has 0 saturated heterocycles. The molecule has 1 aliphatic heterocycles. The van der Waals surface area contributed by atoms with Gasteiger partial charge in [0.2, 0.25) is 5.79 Å². The predicted molar refractivity (Wildman–Crippen MR) is 73.1 cm³/mol. The van der Waals surface area contributed by atoms with Crippen molar-refractivity contribution in [3.63, 3.8) is 0 Å². The third-order valence-electron chi connectivity index (χ3n) is 3.28. The predicted octanol–water partition coefficient (Wildman–Crippen LogP) is 2.49. The molecule has 2 heterocycles. The molecule has 0 atom stereocenters. The molecular formula is C14H17N3O2. The van der Waals surface area contributed by atoms with Gasteiger partial charge in [-0.3, -0.25) is 4.68 Å². The SMILES string of the molecule is Cc1cc2c(cc1-c1cnn(C)c1N)OC(C)(C)O2. The minimum atomic E-state index is -0.617. The molecule has 19 heavy (non-hydrogen) atoms. The maximum Gasteiger partial charge on any atom is 0.246 e. The molecule has 5 heteroatoms. The van der Waals surface area contributed by atoms with Crippen molar-refractivity contribution in [1.82, 2.24) is 9.78 Å². The van der Waals surface area contributed by atoms with Gasteiger partial charge in [0.25, 0.3) is 0 Å². The van der Waals surface area contributed by atoms with E-state index in [1.54, 1.807) is 10.9 Å². The lowest BCUT2D eigenvalue weighted by molar-refractivity contribution is -0.0431. The van der Waals surface area contributed by atoms with Crippen molar-refractivity contribution in [2.45, 2.75) is 26.6 Å². The standard InChI is InChI=1S/C14H17N3O2/c1-8-5-11-12(19-14(2,3)18-11)6-9(8)10-7-16-17(4)13(10)15/h5-7H,15H2,1-4H3. The molecule has 0 unspecified atom stereocenters. The van der Waals surface area contributed by atoms with Gasteiger partial charge in [0, 0.05) is 26.5 Å². The number of ether oxygens (including phenoxy) is 2. The van der Waals surface area contributed by atoms with E-state index in [4.69, 9.17) is 15.2 Å². The molecule has 1 aromatic carbocycles. The number of rotatable bonds is 1. The molecule has 0 saturated carbocycles. The summed E-state index contributed by atoms with van der Waals surface area (Å²) >= 11 is 0. The van der Waals surface area contributed by atoms with Crippen molar-refractivity contribution in [3.8, 4) is 22.6 Å². The van der Waals surface area contributed by atoms with Crippen LogP contribution in [-0.2, 0) is 7.05 Å². The molecule has 2 aromatic rings. The number of anilines is 1. The molecule has 100 valence electrons. The van der Waals surface area contributed by atoms with Gasteiger partial charge in [-0.2, -0.15) is 5.10 Å². The molecule has 5 nitrogen and oxygen atoms in total. The zero-order valence-corrected chi connectivity index (χ0v) is 11.5. The van der Waals surface area contributed by atoms with Gasteiger partial charge < -0.3 is 15.2 Å². The van der Waals surface area contributed by atoms with Crippen molar-refractivity contribution in [2.24, 2.45) is 7.05 Å². The maximum absolute atomic E-state index is 6.03. The van der Waals surface area contributed by atoms with Gasteiger partial charge in [0.05, 0.1) is 6.20 Å². The lowest BCUT2D eigenvalue weighted by Crippen LogP contribution is -2.29. The summed E-state index contributed by atoms with van der Waals surface area (Å²) in [6.45, 7) is 5.80. The molecule has 0 fully saturated rings. The Morgan fingerprint density at radius 1 is 1.16 bits per heavy atom. The molecule has 1 aromatic heterocycles. The van der Waals surface area contributed by atoms with Gasteiger partial charge >= 0.3 is 0 Å². The minimum absolute atomic E-state index is 0.617. The topological polar surface area (TPSA) is 62.3 Å². The Kier molecular flexibility index (Phi) is 2.29. The van der Waals surface area contributed by atoms with E-state index in [2.05, 4.69) is 5.10 Å². The van der Waals surface area contributed by atoms with Crippen LogP contribution in [0.1, 0.15) is 19.4 Å². The summed E-state index contributed by atoms with van der Waals surface area (Å²) < 4.78 is 13.2. The van der Waals surface area contributed by atoms with Crippen LogP contribution in [-0.4, -0.2) is 15.6 Å². The van der Waals surface area contributed by atoms with Crippen LogP contribution < -0.4 is 15.2 Å². The highest BCUT2D eigenvalue weighted by Crippen LogP contribution is 2.43. The maximum atomic E-state index is 6.03. The van der Waals surface area contributed by atoms with Gasteiger partial charge in [-0.25, -0.2) is 0 Å². The molecule has 0 radical (unpaired) electrons. The number of benzene rings is 1. The van der Waals surface area contributed by atoms with Crippen LogP contribution in [0.15, 0.2) is 18.3 Å². The Hall–Kier alpha value is -2.17. The summed E-state index contributed by atoms with van der Waals surface area (Å²) in [4.78, 5) is 0. The van der Waals surface area contributed by atoms with Crippen LogP contribution in [0.4, 0.5) is 5.82 Å². The Morgan fingerprint density at radius 3 is 2.37 bits per heavy atom. The molecule has 0 amide bonds. The number of nitrogens with zero attached hydrogens (tertiary/aromatic N) is 2. The van der Waals surface area contributed by atoms with Gasteiger partial charge in [0.15, 0.2) is 11.5 Å². The molecule has 3 rings (SSSR count). The van der Waals surface area contributed by atoms with E-state index in [9.17, 15) is 0 Å². The second kappa shape index (κ2) is 3.66. The zero-order chi connectivity index (χ0) is 13.8. The average Bonchev–Trinajstić information content (AvgIpc) is 2.78. The number of nitrogens with two attached hydrogens (primary N) is 1. The Morgan fingerprint density at radius 2 is 1.79 bits per heavy atom. The number of nitrogen functional groups attached to an aromatic ring is 1. The average molecular weight is 259 g/mol. The van der Waals surface area contributed by atoms with Gasteiger partial charge in [0.1, 0.15) is 5.82 Å². The van der Waals surface area contributed by atoms with Crippen LogP contribution in [0.3, 0.4) is 0 Å². The first-order chi connectivity index (χ1) is 8.87. The first-order valence-corrected chi connectivity index (χ1v) is 6.18. The smallest absolute Gasteiger partial charge is 0.246 e.